The third kappa shape index (κ3) is 6.74. The molecule has 1 aliphatic heterocycles. The van der Waals surface area contributed by atoms with Gasteiger partial charge in [-0.15, -0.1) is 0 Å². The van der Waals surface area contributed by atoms with Gasteiger partial charge in [-0.2, -0.15) is 0 Å². The van der Waals surface area contributed by atoms with Crippen molar-refractivity contribution < 1.29 is 19.1 Å². The summed E-state index contributed by atoms with van der Waals surface area (Å²) in [4.78, 5) is 41.2. The number of amides is 3. The quantitative estimate of drug-likeness (QED) is 0.579. The van der Waals surface area contributed by atoms with Gasteiger partial charge in [-0.3, -0.25) is 14.4 Å². The van der Waals surface area contributed by atoms with Gasteiger partial charge in [-0.25, -0.2) is 0 Å². The molecule has 0 radical (unpaired) electrons. The van der Waals surface area contributed by atoms with Gasteiger partial charge in [0.05, 0.1) is 13.0 Å². The second kappa shape index (κ2) is 12.0. The molecule has 0 unspecified atom stereocenters. The molecule has 204 valence electrons. The van der Waals surface area contributed by atoms with Crippen LogP contribution >= 0.6 is 0 Å². The van der Waals surface area contributed by atoms with Gasteiger partial charge in [0.25, 0.3) is 11.8 Å². The van der Waals surface area contributed by atoms with Crippen molar-refractivity contribution >= 4 is 17.7 Å². The minimum absolute atomic E-state index is 0.0229. The van der Waals surface area contributed by atoms with E-state index in [0.717, 1.165) is 38.5 Å². The first kappa shape index (κ1) is 27.7. The standard InChI is InChI=1S/C31H41N3O4/c1-31(2,3)24-15-11-22(12-16-24)30(37)34-19-7-8-23(20-34)29(36)33-27-10-6-5-9-26(27)32-28(35)21-13-17-25(38-4)18-14-21/h11-18,23,26-27H,5-10,19-20H2,1-4H3,(H,32,35)(H,33,36)/t23-,26+,27+/m0/s1. The zero-order valence-corrected chi connectivity index (χ0v) is 23.1. The maximum absolute atomic E-state index is 13.3. The summed E-state index contributed by atoms with van der Waals surface area (Å²) in [5, 5.41) is 6.36. The third-order valence-corrected chi connectivity index (χ3v) is 7.84. The van der Waals surface area contributed by atoms with Crippen molar-refractivity contribution in [2.45, 2.75) is 76.8 Å². The summed E-state index contributed by atoms with van der Waals surface area (Å²) in [5.41, 5.74) is 2.44. The fraction of sp³-hybridized carbons (Fsp3) is 0.516. The van der Waals surface area contributed by atoms with Crippen molar-refractivity contribution in [3.63, 3.8) is 0 Å². The number of benzene rings is 2. The van der Waals surface area contributed by atoms with Gasteiger partial charge in [0.2, 0.25) is 5.91 Å². The van der Waals surface area contributed by atoms with E-state index in [4.69, 9.17) is 4.74 Å². The summed E-state index contributed by atoms with van der Waals surface area (Å²) in [6.45, 7) is 7.53. The molecule has 1 heterocycles. The molecule has 1 saturated carbocycles. The molecule has 3 atom stereocenters. The lowest BCUT2D eigenvalue weighted by atomic mass is 9.86. The Balaban J connectivity index is 1.35. The van der Waals surface area contributed by atoms with E-state index in [-0.39, 0.29) is 41.1 Å². The van der Waals surface area contributed by atoms with E-state index < -0.39 is 0 Å². The van der Waals surface area contributed by atoms with Crippen LogP contribution in [-0.4, -0.2) is 54.9 Å². The average molecular weight is 520 g/mol. The molecule has 0 aromatic heterocycles. The first-order valence-corrected chi connectivity index (χ1v) is 13.8. The predicted molar refractivity (Wildman–Crippen MR) is 148 cm³/mol. The Hall–Kier alpha value is -3.35. The summed E-state index contributed by atoms with van der Waals surface area (Å²) in [7, 11) is 1.59. The Morgan fingerprint density at radius 2 is 1.42 bits per heavy atom. The van der Waals surface area contributed by atoms with E-state index in [9.17, 15) is 14.4 Å². The molecule has 2 fully saturated rings. The highest BCUT2D eigenvalue weighted by Crippen LogP contribution is 2.25. The molecule has 4 rings (SSSR count). The number of hydrogen-bond acceptors (Lipinski definition) is 4. The van der Waals surface area contributed by atoms with Crippen molar-refractivity contribution in [3.8, 4) is 5.75 Å². The number of ether oxygens (including phenoxy) is 1. The molecule has 38 heavy (non-hydrogen) atoms. The molecular formula is C31H41N3O4. The van der Waals surface area contributed by atoms with Crippen LogP contribution in [0.4, 0.5) is 0 Å². The number of hydrogen-bond donors (Lipinski definition) is 2. The first-order chi connectivity index (χ1) is 18.2. The van der Waals surface area contributed by atoms with Gasteiger partial charge >= 0.3 is 0 Å². The van der Waals surface area contributed by atoms with E-state index in [2.05, 4.69) is 31.4 Å². The fourth-order valence-electron chi connectivity index (χ4n) is 5.44. The molecule has 3 amide bonds. The number of rotatable bonds is 6. The highest BCUT2D eigenvalue weighted by Gasteiger charge is 2.33. The second-order valence-corrected chi connectivity index (χ2v) is 11.6. The molecule has 1 aliphatic carbocycles. The van der Waals surface area contributed by atoms with Crippen molar-refractivity contribution in [3.05, 3.63) is 65.2 Å². The van der Waals surface area contributed by atoms with Gasteiger partial charge in [0.1, 0.15) is 5.75 Å². The highest BCUT2D eigenvalue weighted by molar-refractivity contribution is 5.95. The van der Waals surface area contributed by atoms with Gasteiger partial charge in [-0.1, -0.05) is 45.7 Å². The second-order valence-electron chi connectivity index (χ2n) is 11.6. The lowest BCUT2D eigenvalue weighted by Crippen LogP contribution is -2.55. The summed E-state index contributed by atoms with van der Waals surface area (Å²) < 4.78 is 5.18. The van der Waals surface area contributed by atoms with E-state index in [0.29, 0.717) is 30.0 Å². The molecule has 2 N–H and O–H groups in total. The summed E-state index contributed by atoms with van der Waals surface area (Å²) in [6.07, 6.45) is 5.24. The fourth-order valence-corrected chi connectivity index (χ4v) is 5.44. The van der Waals surface area contributed by atoms with Gasteiger partial charge in [-0.05, 0) is 73.1 Å². The zero-order chi connectivity index (χ0) is 27.3. The normalized spacial score (nSPS) is 21.9. The smallest absolute Gasteiger partial charge is 0.253 e. The first-order valence-electron chi connectivity index (χ1n) is 13.8. The number of carbonyl (C=O) groups is 3. The van der Waals surface area contributed by atoms with Crippen LogP contribution in [0.1, 0.15) is 85.6 Å². The van der Waals surface area contributed by atoms with Gasteiger partial charge in [0, 0.05) is 36.3 Å². The maximum atomic E-state index is 13.3. The molecule has 1 saturated heterocycles. The van der Waals surface area contributed by atoms with Crippen LogP contribution < -0.4 is 15.4 Å². The molecular weight excluding hydrogens is 478 g/mol. The molecule has 7 nitrogen and oxygen atoms in total. The van der Waals surface area contributed by atoms with Crippen LogP contribution in [0.15, 0.2) is 48.5 Å². The van der Waals surface area contributed by atoms with E-state index in [1.165, 1.54) is 5.56 Å². The van der Waals surface area contributed by atoms with E-state index in [1.54, 1.807) is 31.4 Å². The largest absolute Gasteiger partial charge is 0.497 e. The Morgan fingerprint density at radius 3 is 2.03 bits per heavy atom. The topological polar surface area (TPSA) is 87.7 Å². The van der Waals surface area contributed by atoms with Crippen molar-refractivity contribution in [1.82, 2.24) is 15.5 Å². The van der Waals surface area contributed by atoms with E-state index >= 15 is 0 Å². The summed E-state index contributed by atoms with van der Waals surface area (Å²) in [5.74, 6) is 0.254. The van der Waals surface area contributed by atoms with E-state index in [1.807, 2.05) is 29.2 Å². The summed E-state index contributed by atoms with van der Waals surface area (Å²) in [6, 6.07) is 14.6. The van der Waals surface area contributed by atoms with Crippen LogP contribution in [-0.2, 0) is 10.2 Å². The van der Waals surface area contributed by atoms with Crippen molar-refractivity contribution in [2.24, 2.45) is 5.92 Å². The number of likely N-dealkylation sites (tertiary alicyclic amines) is 1. The predicted octanol–water partition coefficient (Wildman–Crippen LogP) is 4.70. The van der Waals surface area contributed by atoms with Crippen LogP contribution in [0.2, 0.25) is 0 Å². The van der Waals surface area contributed by atoms with Crippen molar-refractivity contribution in [1.29, 1.82) is 0 Å². The number of methoxy groups -OCH3 is 1. The number of carbonyl (C=O) groups excluding carboxylic acids is 3. The molecule has 2 aromatic rings. The SMILES string of the molecule is COc1ccc(C(=O)N[C@@H]2CCCC[C@H]2NC(=O)[C@H]2CCCN(C(=O)c3ccc(C(C)(C)C)cc3)C2)cc1. The number of nitrogens with one attached hydrogen (secondary N) is 2. The lowest BCUT2D eigenvalue weighted by Gasteiger charge is -2.36. The number of nitrogens with zero attached hydrogens (tertiary/aromatic N) is 1. The Labute approximate surface area is 226 Å². The molecule has 0 bridgehead atoms. The Morgan fingerprint density at radius 1 is 0.816 bits per heavy atom. The zero-order valence-electron chi connectivity index (χ0n) is 23.1. The maximum Gasteiger partial charge on any atom is 0.253 e. The molecule has 0 spiro atoms. The molecule has 2 aliphatic rings. The lowest BCUT2D eigenvalue weighted by molar-refractivity contribution is -0.127. The Kier molecular flexibility index (Phi) is 8.75. The minimum atomic E-state index is -0.249. The highest BCUT2D eigenvalue weighted by atomic mass is 16.5. The summed E-state index contributed by atoms with van der Waals surface area (Å²) >= 11 is 0. The van der Waals surface area contributed by atoms with Crippen LogP contribution in [0.3, 0.4) is 0 Å². The monoisotopic (exact) mass is 519 g/mol. The Bertz CT molecular complexity index is 1120. The van der Waals surface area contributed by atoms with Crippen molar-refractivity contribution in [2.75, 3.05) is 20.2 Å². The molecule has 2 aromatic carbocycles. The van der Waals surface area contributed by atoms with Gasteiger partial charge in [0.15, 0.2) is 0 Å². The van der Waals surface area contributed by atoms with Crippen LogP contribution in [0, 0.1) is 5.92 Å². The third-order valence-electron chi connectivity index (χ3n) is 7.84. The molecule has 7 heteroatoms. The van der Waals surface area contributed by atoms with Crippen LogP contribution in [0.25, 0.3) is 0 Å². The van der Waals surface area contributed by atoms with Gasteiger partial charge < -0.3 is 20.3 Å². The minimum Gasteiger partial charge on any atom is -0.497 e. The van der Waals surface area contributed by atoms with Crippen LogP contribution in [0.5, 0.6) is 5.75 Å². The average Bonchev–Trinajstić information content (AvgIpc) is 2.93. The number of piperidine rings is 1.